The van der Waals surface area contributed by atoms with Crippen LogP contribution in [0.25, 0.3) is 11.4 Å². The highest BCUT2D eigenvalue weighted by molar-refractivity contribution is 9.10. The van der Waals surface area contributed by atoms with Gasteiger partial charge in [0.15, 0.2) is 12.7 Å². The fourth-order valence-electron chi connectivity index (χ4n) is 2.27. The maximum absolute atomic E-state index is 12.1. The highest BCUT2D eigenvalue weighted by atomic mass is 79.9. The van der Waals surface area contributed by atoms with E-state index in [0.29, 0.717) is 22.9 Å². The Balaban J connectivity index is 1.57. The third-order valence-corrected chi connectivity index (χ3v) is 4.14. The molecule has 27 heavy (non-hydrogen) atoms. The van der Waals surface area contributed by atoms with Gasteiger partial charge in [-0.2, -0.15) is 4.98 Å². The van der Waals surface area contributed by atoms with Crippen molar-refractivity contribution in [3.05, 3.63) is 58.9 Å². The van der Waals surface area contributed by atoms with Gasteiger partial charge in [0.05, 0.1) is 12.7 Å². The van der Waals surface area contributed by atoms with Crippen LogP contribution in [0.2, 0.25) is 0 Å². The quantitative estimate of drug-likeness (QED) is 0.521. The molecule has 0 saturated heterocycles. The van der Waals surface area contributed by atoms with E-state index in [1.54, 1.807) is 32.2 Å². The molecule has 1 atom stereocenters. The lowest BCUT2D eigenvalue weighted by atomic mass is 10.2. The summed E-state index contributed by atoms with van der Waals surface area (Å²) in [6.45, 7) is 1.47. The molecule has 2 aromatic carbocycles. The number of methoxy groups -OCH3 is 1. The molecule has 0 aliphatic rings. The Morgan fingerprint density at radius 3 is 2.67 bits per heavy atom. The van der Waals surface area contributed by atoms with E-state index >= 15 is 0 Å². The molecule has 7 nitrogen and oxygen atoms in total. The van der Waals surface area contributed by atoms with Crippen LogP contribution in [0.1, 0.15) is 12.8 Å². The molecule has 140 valence electrons. The van der Waals surface area contributed by atoms with E-state index in [1.807, 2.05) is 30.3 Å². The summed E-state index contributed by atoms with van der Waals surface area (Å²) in [6.07, 6.45) is -0.775. The molecule has 1 aromatic heterocycles. The van der Waals surface area contributed by atoms with Crippen LogP contribution < -0.4 is 9.47 Å². The number of benzene rings is 2. The Bertz CT molecular complexity index is 910. The van der Waals surface area contributed by atoms with Gasteiger partial charge in [-0.1, -0.05) is 33.2 Å². The molecule has 0 radical (unpaired) electrons. The molecule has 1 heterocycles. The zero-order valence-corrected chi connectivity index (χ0v) is 16.3. The molecule has 0 aliphatic heterocycles. The van der Waals surface area contributed by atoms with Gasteiger partial charge in [0.25, 0.3) is 5.89 Å². The monoisotopic (exact) mass is 432 g/mol. The average molecular weight is 433 g/mol. The van der Waals surface area contributed by atoms with Gasteiger partial charge in [0.1, 0.15) is 11.5 Å². The highest BCUT2D eigenvalue weighted by Crippen LogP contribution is 2.27. The molecule has 0 bridgehead atoms. The lowest BCUT2D eigenvalue weighted by molar-refractivity contribution is -0.153. The van der Waals surface area contributed by atoms with Crippen molar-refractivity contribution in [3.63, 3.8) is 0 Å². The van der Waals surface area contributed by atoms with Crippen LogP contribution in [-0.2, 0) is 16.1 Å². The Labute approximate surface area is 164 Å². The Kier molecular flexibility index (Phi) is 6.08. The first-order valence-electron chi connectivity index (χ1n) is 8.11. The molecule has 3 aromatic rings. The van der Waals surface area contributed by atoms with Crippen molar-refractivity contribution in [3.8, 4) is 22.9 Å². The molecule has 3 rings (SSSR count). The first-order valence-corrected chi connectivity index (χ1v) is 8.91. The Morgan fingerprint density at radius 1 is 1.19 bits per heavy atom. The number of carbonyl (C=O) groups is 1. The van der Waals surface area contributed by atoms with E-state index in [0.717, 1.165) is 4.47 Å². The van der Waals surface area contributed by atoms with Crippen molar-refractivity contribution in [1.29, 1.82) is 0 Å². The van der Waals surface area contributed by atoms with E-state index in [1.165, 1.54) is 0 Å². The van der Waals surface area contributed by atoms with Crippen LogP contribution in [0.3, 0.4) is 0 Å². The van der Waals surface area contributed by atoms with Crippen LogP contribution in [0.15, 0.2) is 57.5 Å². The second-order valence-corrected chi connectivity index (χ2v) is 6.45. The zero-order valence-electron chi connectivity index (χ0n) is 14.7. The van der Waals surface area contributed by atoms with Gasteiger partial charge in [-0.05, 0) is 43.3 Å². The van der Waals surface area contributed by atoms with Crippen molar-refractivity contribution in [2.45, 2.75) is 19.6 Å². The van der Waals surface area contributed by atoms with E-state index < -0.39 is 12.1 Å². The molecule has 0 saturated carbocycles. The summed E-state index contributed by atoms with van der Waals surface area (Å²) in [4.78, 5) is 16.3. The maximum Gasteiger partial charge on any atom is 0.347 e. The molecule has 1 unspecified atom stereocenters. The number of nitrogens with zero attached hydrogens (tertiary/aromatic N) is 2. The van der Waals surface area contributed by atoms with Crippen molar-refractivity contribution in [1.82, 2.24) is 10.1 Å². The van der Waals surface area contributed by atoms with Gasteiger partial charge >= 0.3 is 5.97 Å². The molecule has 0 fully saturated rings. The molecule has 0 amide bonds. The third-order valence-electron chi connectivity index (χ3n) is 3.61. The number of rotatable bonds is 7. The number of esters is 1. The van der Waals surface area contributed by atoms with Crippen LogP contribution in [0.5, 0.6) is 11.5 Å². The molecule has 0 aliphatic carbocycles. The minimum absolute atomic E-state index is 0.144. The summed E-state index contributed by atoms with van der Waals surface area (Å²) in [5, 5.41) is 3.90. The summed E-state index contributed by atoms with van der Waals surface area (Å²) in [6, 6.07) is 14.5. The van der Waals surface area contributed by atoms with Crippen LogP contribution in [0.4, 0.5) is 0 Å². The number of para-hydroxylation sites is 1. The predicted octanol–water partition coefficient (Wildman–Crippen LogP) is 4.02. The molecule has 0 spiro atoms. The topological polar surface area (TPSA) is 83.7 Å². The van der Waals surface area contributed by atoms with E-state index in [2.05, 4.69) is 26.1 Å². The lowest BCUT2D eigenvalue weighted by Gasteiger charge is -2.13. The Morgan fingerprint density at radius 2 is 1.93 bits per heavy atom. The van der Waals surface area contributed by atoms with Crippen LogP contribution in [0, 0.1) is 0 Å². The van der Waals surface area contributed by atoms with Gasteiger partial charge in [-0.25, -0.2) is 4.79 Å². The fourth-order valence-corrected chi connectivity index (χ4v) is 2.53. The van der Waals surface area contributed by atoms with Crippen molar-refractivity contribution in [2.75, 3.05) is 7.11 Å². The first kappa shape index (κ1) is 18.9. The van der Waals surface area contributed by atoms with Gasteiger partial charge in [0, 0.05) is 4.47 Å². The van der Waals surface area contributed by atoms with Gasteiger partial charge < -0.3 is 18.7 Å². The van der Waals surface area contributed by atoms with Gasteiger partial charge in [-0.15, -0.1) is 0 Å². The number of ether oxygens (including phenoxy) is 3. The van der Waals surface area contributed by atoms with Crippen molar-refractivity contribution in [2.24, 2.45) is 0 Å². The smallest absolute Gasteiger partial charge is 0.347 e. The van der Waals surface area contributed by atoms with Gasteiger partial charge in [0.2, 0.25) is 5.82 Å². The standard InChI is InChI=1S/C19H17BrN2O5/c1-12(26-14-9-7-13(20)8-10-14)19(23)25-11-17-21-18(22-27-17)15-5-3-4-6-16(15)24-2/h3-10,12H,11H2,1-2H3. The fraction of sp³-hybridized carbons (Fsp3) is 0.211. The predicted molar refractivity (Wildman–Crippen MR) is 100 cm³/mol. The van der Waals surface area contributed by atoms with Crippen LogP contribution >= 0.6 is 15.9 Å². The first-order chi connectivity index (χ1) is 13.1. The average Bonchev–Trinajstić information content (AvgIpc) is 3.16. The summed E-state index contributed by atoms with van der Waals surface area (Å²) in [7, 11) is 1.56. The lowest BCUT2D eigenvalue weighted by Crippen LogP contribution is -2.26. The third kappa shape index (κ3) is 4.85. The van der Waals surface area contributed by atoms with Crippen molar-refractivity contribution < 1.29 is 23.5 Å². The largest absolute Gasteiger partial charge is 0.496 e. The molecular formula is C19H17BrN2O5. The summed E-state index contributed by atoms with van der Waals surface area (Å²) in [5.74, 6) is 1.20. The highest BCUT2D eigenvalue weighted by Gasteiger charge is 2.19. The molecular weight excluding hydrogens is 416 g/mol. The van der Waals surface area contributed by atoms with E-state index in [-0.39, 0.29) is 12.5 Å². The Hall–Kier alpha value is -2.87. The summed E-state index contributed by atoms with van der Waals surface area (Å²) < 4.78 is 22.1. The number of hydrogen-bond donors (Lipinski definition) is 0. The second-order valence-electron chi connectivity index (χ2n) is 5.53. The minimum atomic E-state index is -0.775. The van der Waals surface area contributed by atoms with Crippen molar-refractivity contribution >= 4 is 21.9 Å². The van der Waals surface area contributed by atoms with E-state index in [9.17, 15) is 4.79 Å². The molecule has 8 heteroatoms. The second kappa shape index (κ2) is 8.68. The maximum atomic E-state index is 12.1. The van der Waals surface area contributed by atoms with E-state index in [4.69, 9.17) is 18.7 Å². The number of halogens is 1. The zero-order chi connectivity index (χ0) is 19.2. The van der Waals surface area contributed by atoms with Crippen LogP contribution in [-0.4, -0.2) is 29.3 Å². The normalized spacial score (nSPS) is 11.7. The number of aromatic nitrogens is 2. The minimum Gasteiger partial charge on any atom is -0.496 e. The number of hydrogen-bond acceptors (Lipinski definition) is 7. The summed E-state index contributed by atoms with van der Waals surface area (Å²) >= 11 is 3.34. The molecule has 0 N–H and O–H groups in total. The number of carbonyl (C=O) groups excluding carboxylic acids is 1. The van der Waals surface area contributed by atoms with Gasteiger partial charge in [-0.3, -0.25) is 0 Å². The SMILES string of the molecule is COc1ccccc1-c1noc(COC(=O)C(C)Oc2ccc(Br)cc2)n1. The summed E-state index contributed by atoms with van der Waals surface area (Å²) in [5.41, 5.74) is 0.688.